The number of hydrogen-bond donors (Lipinski definition) is 0. The molecule has 24 heavy (non-hydrogen) atoms. The Bertz CT molecular complexity index is 921. The Morgan fingerprint density at radius 1 is 1.04 bits per heavy atom. The van der Waals surface area contributed by atoms with Crippen molar-refractivity contribution in [3.8, 4) is 17.1 Å². The highest BCUT2D eigenvalue weighted by atomic mass is 19.4. The standard InChI is InChI=1S/C17H9F4N3/c1-22-14-8-7-12(9-13(14)18)24-10-15(17(19,20)21)23-16(24)11-5-3-2-4-6-11/h2-10H. The summed E-state index contributed by atoms with van der Waals surface area (Å²) < 4.78 is 54.1. The highest BCUT2D eigenvalue weighted by Crippen LogP contribution is 2.33. The molecule has 0 amide bonds. The van der Waals surface area contributed by atoms with Gasteiger partial charge >= 0.3 is 6.18 Å². The molecule has 2 aromatic carbocycles. The zero-order valence-corrected chi connectivity index (χ0v) is 12.0. The molecule has 0 aliphatic rings. The van der Waals surface area contributed by atoms with E-state index in [0.717, 1.165) is 16.8 Å². The fraction of sp³-hybridized carbons (Fsp3) is 0.0588. The van der Waals surface area contributed by atoms with Crippen molar-refractivity contribution < 1.29 is 17.6 Å². The summed E-state index contributed by atoms with van der Waals surface area (Å²) in [6.45, 7) is 6.84. The number of aromatic nitrogens is 2. The van der Waals surface area contributed by atoms with Crippen LogP contribution in [-0.4, -0.2) is 9.55 Å². The lowest BCUT2D eigenvalue weighted by molar-refractivity contribution is -0.140. The molecule has 1 heterocycles. The first-order valence-electron chi connectivity index (χ1n) is 6.79. The third-order valence-electron chi connectivity index (χ3n) is 3.36. The van der Waals surface area contributed by atoms with E-state index in [0.29, 0.717) is 5.56 Å². The summed E-state index contributed by atoms with van der Waals surface area (Å²) in [7, 11) is 0. The largest absolute Gasteiger partial charge is 0.434 e. The molecule has 0 radical (unpaired) electrons. The first-order chi connectivity index (χ1) is 11.4. The zero-order chi connectivity index (χ0) is 17.3. The van der Waals surface area contributed by atoms with E-state index in [1.165, 1.54) is 12.1 Å². The number of benzene rings is 2. The molecule has 3 nitrogen and oxygen atoms in total. The van der Waals surface area contributed by atoms with E-state index in [-0.39, 0.29) is 17.2 Å². The van der Waals surface area contributed by atoms with Gasteiger partial charge < -0.3 is 0 Å². The minimum Gasteiger partial charge on any atom is -0.299 e. The summed E-state index contributed by atoms with van der Waals surface area (Å²) in [6.07, 6.45) is -3.81. The van der Waals surface area contributed by atoms with Crippen LogP contribution in [0.5, 0.6) is 0 Å². The molecule has 0 unspecified atom stereocenters. The van der Waals surface area contributed by atoms with Gasteiger partial charge in [0, 0.05) is 17.4 Å². The maximum absolute atomic E-state index is 13.8. The van der Waals surface area contributed by atoms with Crippen LogP contribution in [0.15, 0.2) is 54.7 Å². The normalized spacial score (nSPS) is 11.3. The number of alkyl halides is 3. The SMILES string of the molecule is [C-]#[N+]c1ccc(-n2cc(C(F)(F)F)nc2-c2ccccc2)cc1F. The molecule has 3 rings (SSSR count). The second-order valence-corrected chi connectivity index (χ2v) is 4.93. The van der Waals surface area contributed by atoms with Gasteiger partial charge in [-0.05, 0) is 12.1 Å². The van der Waals surface area contributed by atoms with Crippen molar-refractivity contribution >= 4 is 5.69 Å². The van der Waals surface area contributed by atoms with Crippen LogP contribution in [0, 0.1) is 12.4 Å². The lowest BCUT2D eigenvalue weighted by atomic mass is 10.2. The molecule has 0 saturated heterocycles. The molecule has 0 bridgehead atoms. The summed E-state index contributed by atoms with van der Waals surface area (Å²) >= 11 is 0. The van der Waals surface area contributed by atoms with E-state index < -0.39 is 17.7 Å². The topological polar surface area (TPSA) is 22.2 Å². The van der Waals surface area contributed by atoms with Crippen LogP contribution >= 0.6 is 0 Å². The average molecular weight is 331 g/mol. The Balaban J connectivity index is 2.21. The van der Waals surface area contributed by atoms with Crippen molar-refractivity contribution in [1.82, 2.24) is 9.55 Å². The molecule has 7 heteroatoms. The van der Waals surface area contributed by atoms with Gasteiger partial charge in [0.05, 0.1) is 6.57 Å². The van der Waals surface area contributed by atoms with Crippen molar-refractivity contribution in [3.63, 3.8) is 0 Å². The van der Waals surface area contributed by atoms with E-state index in [1.54, 1.807) is 30.3 Å². The minimum atomic E-state index is -4.62. The molecular weight excluding hydrogens is 322 g/mol. The molecule has 0 N–H and O–H groups in total. The Kier molecular flexibility index (Phi) is 3.81. The number of nitrogens with zero attached hydrogens (tertiary/aromatic N) is 3. The summed E-state index contributed by atoms with van der Waals surface area (Å²) in [6, 6.07) is 11.9. The molecule has 1 aromatic heterocycles. The quantitative estimate of drug-likeness (QED) is 0.464. The van der Waals surface area contributed by atoms with Gasteiger partial charge in [-0.3, -0.25) is 4.57 Å². The Morgan fingerprint density at radius 3 is 2.33 bits per heavy atom. The van der Waals surface area contributed by atoms with Crippen molar-refractivity contribution in [2.75, 3.05) is 0 Å². The van der Waals surface area contributed by atoms with E-state index in [2.05, 4.69) is 9.83 Å². The number of imidazole rings is 1. The van der Waals surface area contributed by atoms with E-state index >= 15 is 0 Å². The maximum Gasteiger partial charge on any atom is 0.434 e. The second-order valence-electron chi connectivity index (χ2n) is 4.93. The lowest BCUT2D eigenvalue weighted by Crippen LogP contribution is -2.05. The zero-order valence-electron chi connectivity index (χ0n) is 12.0. The van der Waals surface area contributed by atoms with Gasteiger partial charge in [0.1, 0.15) is 11.6 Å². The molecule has 0 aliphatic heterocycles. The fourth-order valence-corrected chi connectivity index (χ4v) is 2.24. The average Bonchev–Trinajstić information content (AvgIpc) is 3.01. The monoisotopic (exact) mass is 331 g/mol. The third-order valence-corrected chi connectivity index (χ3v) is 3.36. The Hall–Kier alpha value is -3.14. The van der Waals surface area contributed by atoms with Gasteiger partial charge in [-0.1, -0.05) is 36.4 Å². The van der Waals surface area contributed by atoms with Gasteiger partial charge in [0.2, 0.25) is 5.69 Å². The summed E-state index contributed by atoms with van der Waals surface area (Å²) in [5.41, 5.74) is -0.656. The van der Waals surface area contributed by atoms with E-state index in [1.807, 2.05) is 0 Å². The number of rotatable bonds is 2. The predicted octanol–water partition coefficient (Wildman–Crippen LogP) is 5.25. The molecule has 0 spiro atoms. The Morgan fingerprint density at radius 2 is 1.75 bits per heavy atom. The predicted molar refractivity (Wildman–Crippen MR) is 80.2 cm³/mol. The highest BCUT2D eigenvalue weighted by molar-refractivity contribution is 5.61. The molecular formula is C17H9F4N3. The van der Waals surface area contributed by atoms with E-state index in [4.69, 9.17) is 6.57 Å². The van der Waals surface area contributed by atoms with Gasteiger partial charge in [-0.15, -0.1) is 0 Å². The van der Waals surface area contributed by atoms with Crippen molar-refractivity contribution in [1.29, 1.82) is 0 Å². The second kappa shape index (κ2) is 5.81. The van der Waals surface area contributed by atoms with Gasteiger partial charge in [-0.25, -0.2) is 14.2 Å². The van der Waals surface area contributed by atoms with Crippen LogP contribution < -0.4 is 0 Å². The molecule has 120 valence electrons. The van der Waals surface area contributed by atoms with E-state index in [9.17, 15) is 17.6 Å². The van der Waals surface area contributed by atoms with Gasteiger partial charge in [0.15, 0.2) is 5.69 Å². The van der Waals surface area contributed by atoms with Crippen LogP contribution in [0.3, 0.4) is 0 Å². The van der Waals surface area contributed by atoms with Crippen LogP contribution in [0.25, 0.3) is 21.9 Å². The Labute approximate surface area is 134 Å². The summed E-state index contributed by atoms with van der Waals surface area (Å²) in [5.74, 6) is -0.762. The molecule has 0 saturated carbocycles. The molecule has 0 fully saturated rings. The first kappa shape index (κ1) is 15.7. The minimum absolute atomic E-state index is 0.0397. The maximum atomic E-state index is 13.8. The fourth-order valence-electron chi connectivity index (χ4n) is 2.24. The number of halogens is 4. The van der Waals surface area contributed by atoms with Crippen LogP contribution in [-0.2, 0) is 6.18 Å². The van der Waals surface area contributed by atoms with Crippen molar-refractivity contribution in [2.45, 2.75) is 6.18 Å². The highest BCUT2D eigenvalue weighted by Gasteiger charge is 2.35. The molecule has 3 aromatic rings. The van der Waals surface area contributed by atoms with Crippen LogP contribution in [0.2, 0.25) is 0 Å². The smallest absolute Gasteiger partial charge is 0.299 e. The van der Waals surface area contributed by atoms with Gasteiger partial charge in [-0.2, -0.15) is 13.2 Å². The first-order valence-corrected chi connectivity index (χ1v) is 6.79. The third kappa shape index (κ3) is 2.86. The molecule has 0 aliphatic carbocycles. The summed E-state index contributed by atoms with van der Waals surface area (Å²) in [4.78, 5) is 6.66. The van der Waals surface area contributed by atoms with Gasteiger partial charge in [0.25, 0.3) is 0 Å². The summed E-state index contributed by atoms with van der Waals surface area (Å²) in [5, 5.41) is 0. The van der Waals surface area contributed by atoms with Crippen molar-refractivity contribution in [2.24, 2.45) is 0 Å². The lowest BCUT2D eigenvalue weighted by Gasteiger charge is -2.08. The molecule has 0 atom stereocenters. The van der Waals surface area contributed by atoms with Crippen LogP contribution in [0.4, 0.5) is 23.2 Å². The van der Waals surface area contributed by atoms with Crippen molar-refractivity contribution in [3.05, 3.63) is 77.7 Å². The van der Waals surface area contributed by atoms with Crippen LogP contribution in [0.1, 0.15) is 5.69 Å². The number of hydrogen-bond acceptors (Lipinski definition) is 1.